The summed E-state index contributed by atoms with van der Waals surface area (Å²) in [5.74, 6) is 0. The molecule has 0 heterocycles. The van der Waals surface area contributed by atoms with Crippen LogP contribution in [-0.4, -0.2) is 7.11 Å². The van der Waals surface area contributed by atoms with Gasteiger partial charge in [-0.2, -0.15) is 0 Å². The van der Waals surface area contributed by atoms with Gasteiger partial charge in [0.2, 0.25) is 0 Å². The summed E-state index contributed by atoms with van der Waals surface area (Å²) < 4.78 is 15.1. The monoisotopic (exact) mass is 166 g/mol. The van der Waals surface area contributed by atoms with Crippen LogP contribution in [0.1, 0.15) is 6.92 Å². The van der Waals surface area contributed by atoms with Gasteiger partial charge < -0.3 is 9.13 Å². The van der Waals surface area contributed by atoms with E-state index in [9.17, 15) is 4.39 Å². The van der Waals surface area contributed by atoms with Crippen LogP contribution in [0.25, 0.3) is 0 Å². The second-order valence-electron chi connectivity index (χ2n) is 0.674. The van der Waals surface area contributed by atoms with Gasteiger partial charge in [0.15, 0.2) is 0 Å². The Morgan fingerprint density at radius 3 is 1.83 bits per heavy atom. The summed E-state index contributed by atoms with van der Waals surface area (Å²) in [6, 6.07) is 0. The van der Waals surface area contributed by atoms with E-state index in [4.69, 9.17) is 0 Å². The first-order valence-corrected chi connectivity index (χ1v) is 1.30. The quantitative estimate of drug-likeness (QED) is 0.530. The van der Waals surface area contributed by atoms with Gasteiger partial charge in [0.1, 0.15) is 0 Å². The molecule has 0 bridgehead atoms. The number of methoxy groups -OCH3 is 1. The van der Waals surface area contributed by atoms with E-state index in [1.54, 1.807) is 0 Å². The Hall–Kier alpha value is 0.994. The van der Waals surface area contributed by atoms with E-state index in [0.717, 1.165) is 0 Å². The number of ether oxygens (including phenoxy) is 1. The number of hydrogen-bond donors (Lipinski definition) is 0. The van der Waals surface area contributed by atoms with Crippen LogP contribution in [0.5, 0.6) is 0 Å². The van der Waals surface area contributed by atoms with Crippen molar-refractivity contribution in [3.8, 4) is 0 Å². The molecule has 0 fully saturated rings. The SMILES string of the molecule is CO[C-](C)F.[Y]. The Labute approximate surface area is 62.1 Å². The molecule has 0 atom stereocenters. The summed E-state index contributed by atoms with van der Waals surface area (Å²) in [7, 11) is 1.29. The van der Waals surface area contributed by atoms with Crippen LogP contribution < -0.4 is 0 Å². The van der Waals surface area contributed by atoms with Gasteiger partial charge in [-0.25, -0.2) is 0 Å². The molecule has 0 saturated carbocycles. The largest absolute Gasteiger partial charge is 0.519 e. The van der Waals surface area contributed by atoms with Crippen molar-refractivity contribution >= 4 is 0 Å². The molecule has 0 amide bonds. The summed E-state index contributed by atoms with van der Waals surface area (Å²) in [4.78, 5) is 0. The van der Waals surface area contributed by atoms with Gasteiger partial charge >= 0.3 is 0 Å². The third-order valence-corrected chi connectivity index (χ3v) is 0.281. The Kier molecular flexibility index (Phi) is 10.1. The average Bonchev–Trinajstić information content (AvgIpc) is 1.38. The van der Waals surface area contributed by atoms with E-state index in [2.05, 4.69) is 4.74 Å². The minimum absolute atomic E-state index is 0. The molecular weight excluding hydrogens is 160 g/mol. The molecule has 0 unspecified atom stereocenters. The minimum atomic E-state index is -0.495. The molecule has 1 radical (unpaired) electrons. The molecule has 0 saturated heterocycles. The zero-order valence-electron chi connectivity index (χ0n) is 3.86. The summed E-state index contributed by atoms with van der Waals surface area (Å²) in [6.45, 7) is 1.25. The molecule has 0 N–H and O–H groups in total. The van der Waals surface area contributed by atoms with Crippen molar-refractivity contribution in [1.29, 1.82) is 0 Å². The maximum Gasteiger partial charge on any atom is 0.00150 e. The third-order valence-electron chi connectivity index (χ3n) is 0.281. The molecule has 0 rings (SSSR count). The van der Waals surface area contributed by atoms with E-state index in [-0.39, 0.29) is 32.7 Å². The molecule has 0 aromatic rings. The van der Waals surface area contributed by atoms with Crippen molar-refractivity contribution in [2.24, 2.45) is 0 Å². The standard InChI is InChI=1S/C3H6FO.Y/c1-3(4)5-2;/h1-2H3;/q-1;. The van der Waals surface area contributed by atoms with Crippen molar-refractivity contribution in [2.75, 3.05) is 7.11 Å². The number of halogens is 1. The number of rotatable bonds is 1. The zero-order chi connectivity index (χ0) is 4.28. The summed E-state index contributed by atoms with van der Waals surface area (Å²) in [6.07, 6.45) is -0.495. The Balaban J connectivity index is 0. The van der Waals surface area contributed by atoms with Crippen molar-refractivity contribution in [2.45, 2.75) is 6.92 Å². The van der Waals surface area contributed by atoms with E-state index in [1.165, 1.54) is 14.0 Å². The predicted octanol–water partition coefficient (Wildman–Crippen LogP) is 1.11. The van der Waals surface area contributed by atoms with Crippen LogP contribution in [0.4, 0.5) is 4.39 Å². The first kappa shape index (κ1) is 10.1. The third kappa shape index (κ3) is 8.89. The fourth-order valence-corrected chi connectivity index (χ4v) is 0. The molecule has 6 heavy (non-hydrogen) atoms. The topological polar surface area (TPSA) is 9.23 Å². The first-order chi connectivity index (χ1) is 2.27. The fourth-order valence-electron chi connectivity index (χ4n) is 0. The molecule has 0 aliphatic rings. The molecule has 3 heteroatoms. The maximum atomic E-state index is 11.1. The average molecular weight is 166 g/mol. The first-order valence-electron chi connectivity index (χ1n) is 1.30. The van der Waals surface area contributed by atoms with E-state index in [0.29, 0.717) is 0 Å². The molecule has 0 aliphatic heterocycles. The Morgan fingerprint density at radius 1 is 1.67 bits per heavy atom. The van der Waals surface area contributed by atoms with Crippen molar-refractivity contribution in [1.82, 2.24) is 0 Å². The number of hydrogen-bond acceptors (Lipinski definition) is 1. The van der Waals surface area contributed by atoms with E-state index < -0.39 is 6.36 Å². The van der Waals surface area contributed by atoms with Crippen molar-refractivity contribution in [3.63, 3.8) is 0 Å². The van der Waals surface area contributed by atoms with Crippen LogP contribution in [-0.2, 0) is 37.4 Å². The zero-order valence-corrected chi connectivity index (χ0v) is 6.70. The summed E-state index contributed by atoms with van der Waals surface area (Å²) in [5.41, 5.74) is 0. The maximum absolute atomic E-state index is 11.1. The molecule has 0 aliphatic carbocycles. The van der Waals surface area contributed by atoms with E-state index in [1.807, 2.05) is 0 Å². The van der Waals surface area contributed by atoms with Crippen LogP contribution >= 0.6 is 0 Å². The van der Waals surface area contributed by atoms with Crippen LogP contribution in [0.2, 0.25) is 0 Å². The summed E-state index contributed by atoms with van der Waals surface area (Å²) in [5, 5.41) is 0. The normalized spacial score (nSPS) is 8.00. The van der Waals surface area contributed by atoms with E-state index >= 15 is 0 Å². The second-order valence-corrected chi connectivity index (χ2v) is 0.674. The van der Waals surface area contributed by atoms with Gasteiger partial charge in [-0.15, -0.1) is 6.92 Å². The molecule has 0 aromatic carbocycles. The summed E-state index contributed by atoms with van der Waals surface area (Å²) >= 11 is 0. The Morgan fingerprint density at radius 2 is 1.83 bits per heavy atom. The molecule has 0 spiro atoms. The van der Waals surface area contributed by atoms with Gasteiger partial charge in [0, 0.05) is 39.8 Å². The van der Waals surface area contributed by atoms with Gasteiger partial charge in [-0.1, -0.05) is 0 Å². The van der Waals surface area contributed by atoms with Crippen LogP contribution in [0, 0.1) is 6.36 Å². The van der Waals surface area contributed by atoms with Gasteiger partial charge in [0.25, 0.3) is 0 Å². The van der Waals surface area contributed by atoms with Crippen molar-refractivity contribution < 1.29 is 41.8 Å². The second kappa shape index (κ2) is 5.99. The van der Waals surface area contributed by atoms with Gasteiger partial charge in [-0.3, -0.25) is 0 Å². The minimum Gasteiger partial charge on any atom is -0.519 e. The van der Waals surface area contributed by atoms with Gasteiger partial charge in [-0.05, 0) is 6.36 Å². The fraction of sp³-hybridized carbons (Fsp3) is 0.667. The molecular formula is C3H6FOY-. The van der Waals surface area contributed by atoms with Crippen LogP contribution in [0.15, 0.2) is 0 Å². The van der Waals surface area contributed by atoms with Crippen molar-refractivity contribution in [3.05, 3.63) is 6.36 Å². The molecule has 1 nitrogen and oxygen atoms in total. The Bertz CT molecular complexity index is 24.8. The smallest absolute Gasteiger partial charge is 0.00150 e. The molecule has 0 aromatic heterocycles. The van der Waals surface area contributed by atoms with Crippen LogP contribution in [0.3, 0.4) is 0 Å². The van der Waals surface area contributed by atoms with Gasteiger partial charge in [0.05, 0.1) is 0 Å². The predicted molar refractivity (Wildman–Crippen MR) is 17.0 cm³/mol. The molecule has 35 valence electrons.